The minimum atomic E-state index is -0.993. The molecule has 2 N–H and O–H groups in total. The van der Waals surface area contributed by atoms with Crippen LogP contribution in [0.2, 0.25) is 0 Å². The average molecular weight is 288 g/mol. The zero-order valence-corrected chi connectivity index (χ0v) is 10.7. The molecule has 1 aromatic heterocycles. The summed E-state index contributed by atoms with van der Waals surface area (Å²) < 4.78 is 31.6. The summed E-state index contributed by atoms with van der Waals surface area (Å²) in [6.07, 6.45) is 2.56. The standard InChI is InChI=1S/C12H11F2N3O.ClH/c13-8-4-1-3-7(9(8)14)10-16-11(17-18-10)12(15)5-2-6-12;/h1,3-4H,2,5-6,15H2;1H. The van der Waals surface area contributed by atoms with Gasteiger partial charge in [-0.3, -0.25) is 0 Å². The summed E-state index contributed by atoms with van der Waals surface area (Å²) in [6, 6.07) is 3.81. The Balaban J connectivity index is 0.00000133. The molecule has 7 heteroatoms. The van der Waals surface area contributed by atoms with Crippen molar-refractivity contribution in [1.29, 1.82) is 0 Å². The summed E-state index contributed by atoms with van der Waals surface area (Å²) in [5.74, 6) is -1.63. The molecule has 3 rings (SSSR count). The van der Waals surface area contributed by atoms with Gasteiger partial charge >= 0.3 is 0 Å². The third kappa shape index (κ3) is 2.21. The van der Waals surface area contributed by atoms with Crippen LogP contribution in [0, 0.1) is 11.6 Å². The van der Waals surface area contributed by atoms with Crippen molar-refractivity contribution in [3.8, 4) is 11.5 Å². The van der Waals surface area contributed by atoms with Crippen LogP contribution in [0.1, 0.15) is 25.1 Å². The molecule has 0 saturated heterocycles. The molecular formula is C12H12ClF2N3O. The molecular weight excluding hydrogens is 276 g/mol. The summed E-state index contributed by atoms with van der Waals surface area (Å²) >= 11 is 0. The molecule has 0 amide bonds. The number of rotatable bonds is 2. The number of aromatic nitrogens is 2. The number of nitrogens with zero attached hydrogens (tertiary/aromatic N) is 2. The Labute approximate surface area is 114 Å². The Bertz CT molecular complexity index is 598. The van der Waals surface area contributed by atoms with Crippen LogP contribution < -0.4 is 5.73 Å². The van der Waals surface area contributed by atoms with Gasteiger partial charge in [0.2, 0.25) is 0 Å². The Morgan fingerprint density at radius 1 is 1.26 bits per heavy atom. The van der Waals surface area contributed by atoms with E-state index in [2.05, 4.69) is 10.1 Å². The van der Waals surface area contributed by atoms with E-state index in [1.54, 1.807) is 0 Å². The molecule has 1 aromatic carbocycles. The van der Waals surface area contributed by atoms with E-state index < -0.39 is 17.2 Å². The van der Waals surface area contributed by atoms with Crippen LogP contribution in [0.25, 0.3) is 11.5 Å². The van der Waals surface area contributed by atoms with Crippen molar-refractivity contribution in [2.45, 2.75) is 24.8 Å². The van der Waals surface area contributed by atoms with Crippen LogP contribution in [-0.4, -0.2) is 10.1 Å². The smallest absolute Gasteiger partial charge is 0.261 e. The van der Waals surface area contributed by atoms with Crippen molar-refractivity contribution in [1.82, 2.24) is 10.1 Å². The first kappa shape index (κ1) is 13.9. The van der Waals surface area contributed by atoms with Gasteiger partial charge in [-0.15, -0.1) is 12.4 Å². The number of nitrogens with two attached hydrogens (primary N) is 1. The van der Waals surface area contributed by atoms with Crippen molar-refractivity contribution in [2.24, 2.45) is 5.73 Å². The van der Waals surface area contributed by atoms with Crippen LogP contribution in [0.3, 0.4) is 0 Å². The Morgan fingerprint density at radius 2 is 2.00 bits per heavy atom. The molecule has 0 aliphatic heterocycles. The summed E-state index contributed by atoms with van der Waals surface area (Å²) in [4.78, 5) is 4.07. The summed E-state index contributed by atoms with van der Waals surface area (Å²) in [5.41, 5.74) is 5.41. The van der Waals surface area contributed by atoms with Crippen LogP contribution in [0.15, 0.2) is 22.7 Å². The first-order chi connectivity index (χ1) is 8.60. The van der Waals surface area contributed by atoms with Gasteiger partial charge in [0.1, 0.15) is 0 Å². The average Bonchev–Trinajstić information content (AvgIpc) is 2.79. The summed E-state index contributed by atoms with van der Waals surface area (Å²) in [6.45, 7) is 0. The van der Waals surface area contributed by atoms with E-state index in [0.717, 1.165) is 25.3 Å². The van der Waals surface area contributed by atoms with Crippen LogP contribution >= 0.6 is 12.4 Å². The lowest BCUT2D eigenvalue weighted by Gasteiger charge is -2.34. The van der Waals surface area contributed by atoms with Gasteiger partial charge in [0.15, 0.2) is 17.5 Å². The third-order valence-corrected chi connectivity index (χ3v) is 3.30. The minimum Gasteiger partial charge on any atom is -0.334 e. The summed E-state index contributed by atoms with van der Waals surface area (Å²) in [5, 5.41) is 3.76. The van der Waals surface area contributed by atoms with Gasteiger partial charge in [0.25, 0.3) is 5.89 Å². The van der Waals surface area contributed by atoms with Crippen molar-refractivity contribution in [3.05, 3.63) is 35.7 Å². The Kier molecular flexibility index (Phi) is 3.56. The van der Waals surface area contributed by atoms with Crippen LogP contribution in [0.5, 0.6) is 0 Å². The van der Waals surface area contributed by atoms with Crippen molar-refractivity contribution in [3.63, 3.8) is 0 Å². The normalized spacial score (nSPS) is 16.6. The molecule has 0 bridgehead atoms. The predicted octanol–water partition coefficient (Wildman–Crippen LogP) is 2.77. The fourth-order valence-corrected chi connectivity index (χ4v) is 1.99. The molecule has 102 valence electrons. The highest BCUT2D eigenvalue weighted by molar-refractivity contribution is 5.85. The van der Waals surface area contributed by atoms with Gasteiger partial charge in [-0.2, -0.15) is 4.98 Å². The third-order valence-electron chi connectivity index (χ3n) is 3.30. The second-order valence-electron chi connectivity index (χ2n) is 4.53. The number of hydrogen-bond donors (Lipinski definition) is 1. The van der Waals surface area contributed by atoms with Crippen LogP contribution in [-0.2, 0) is 5.54 Å². The second kappa shape index (κ2) is 4.86. The lowest BCUT2D eigenvalue weighted by molar-refractivity contribution is 0.229. The molecule has 0 unspecified atom stereocenters. The molecule has 0 spiro atoms. The van der Waals surface area contributed by atoms with E-state index in [4.69, 9.17) is 10.3 Å². The van der Waals surface area contributed by atoms with Gasteiger partial charge in [-0.1, -0.05) is 11.2 Å². The molecule has 0 atom stereocenters. The highest BCUT2D eigenvalue weighted by atomic mass is 35.5. The van der Waals surface area contributed by atoms with Gasteiger partial charge in [0.05, 0.1) is 11.1 Å². The maximum atomic E-state index is 13.6. The maximum Gasteiger partial charge on any atom is 0.261 e. The fourth-order valence-electron chi connectivity index (χ4n) is 1.99. The first-order valence-electron chi connectivity index (χ1n) is 5.68. The van der Waals surface area contributed by atoms with Crippen molar-refractivity contribution < 1.29 is 13.3 Å². The highest BCUT2D eigenvalue weighted by Crippen LogP contribution is 2.37. The Hall–Kier alpha value is -1.53. The van der Waals surface area contributed by atoms with Gasteiger partial charge < -0.3 is 10.3 Å². The van der Waals surface area contributed by atoms with E-state index >= 15 is 0 Å². The zero-order chi connectivity index (χ0) is 12.8. The van der Waals surface area contributed by atoms with Crippen LogP contribution in [0.4, 0.5) is 8.78 Å². The molecule has 4 nitrogen and oxygen atoms in total. The molecule has 1 fully saturated rings. The first-order valence-corrected chi connectivity index (χ1v) is 5.68. The molecule has 1 heterocycles. The van der Waals surface area contributed by atoms with E-state index in [1.165, 1.54) is 12.1 Å². The summed E-state index contributed by atoms with van der Waals surface area (Å²) in [7, 11) is 0. The Morgan fingerprint density at radius 3 is 2.63 bits per heavy atom. The number of hydrogen-bond acceptors (Lipinski definition) is 4. The zero-order valence-electron chi connectivity index (χ0n) is 9.90. The molecule has 19 heavy (non-hydrogen) atoms. The van der Waals surface area contributed by atoms with Gasteiger partial charge in [-0.05, 0) is 31.4 Å². The SMILES string of the molecule is Cl.NC1(c2noc(-c3cccc(F)c3F)n2)CCC1. The quantitative estimate of drug-likeness (QED) is 0.922. The van der Waals surface area contributed by atoms with E-state index in [0.29, 0.717) is 5.82 Å². The van der Waals surface area contributed by atoms with E-state index in [9.17, 15) is 8.78 Å². The van der Waals surface area contributed by atoms with Gasteiger partial charge in [0, 0.05) is 0 Å². The largest absolute Gasteiger partial charge is 0.334 e. The monoisotopic (exact) mass is 287 g/mol. The lowest BCUT2D eigenvalue weighted by atomic mass is 9.77. The number of halogens is 3. The topological polar surface area (TPSA) is 64.9 Å². The maximum absolute atomic E-state index is 13.6. The molecule has 1 aliphatic carbocycles. The molecule has 1 aliphatic rings. The number of benzene rings is 1. The van der Waals surface area contributed by atoms with Crippen molar-refractivity contribution >= 4 is 12.4 Å². The molecule has 2 aromatic rings. The molecule has 1 saturated carbocycles. The van der Waals surface area contributed by atoms with Gasteiger partial charge in [-0.25, -0.2) is 8.78 Å². The van der Waals surface area contributed by atoms with Crippen molar-refractivity contribution in [2.75, 3.05) is 0 Å². The minimum absolute atomic E-state index is 0. The lowest BCUT2D eigenvalue weighted by Crippen LogP contribution is -2.44. The second-order valence-corrected chi connectivity index (χ2v) is 4.53. The molecule has 0 radical (unpaired) electrons. The predicted molar refractivity (Wildman–Crippen MR) is 66.6 cm³/mol. The fraction of sp³-hybridized carbons (Fsp3) is 0.333. The van der Waals surface area contributed by atoms with E-state index in [-0.39, 0.29) is 23.9 Å². The van der Waals surface area contributed by atoms with E-state index in [1.807, 2.05) is 0 Å². The highest BCUT2D eigenvalue weighted by Gasteiger charge is 2.39.